The molecule has 2 heterocycles. The summed E-state index contributed by atoms with van der Waals surface area (Å²) in [5.41, 5.74) is -0.416. The number of carbonyl (C=O) groups is 1. The molecule has 2 fully saturated rings. The van der Waals surface area contributed by atoms with Crippen molar-refractivity contribution in [1.82, 2.24) is 9.80 Å². The van der Waals surface area contributed by atoms with Crippen molar-refractivity contribution in [3.63, 3.8) is 0 Å². The standard InChI is InChI=1S/C16H30N2O3/c1-16(2,3)21-15(20)17-9-5-14(6-10-17)18-8-4-13(12-18)7-11-19/h13-14,19H,4-12H2,1-3H3. The van der Waals surface area contributed by atoms with Crippen molar-refractivity contribution in [1.29, 1.82) is 0 Å². The van der Waals surface area contributed by atoms with Crippen LogP contribution in [0.1, 0.15) is 46.5 Å². The number of likely N-dealkylation sites (tertiary alicyclic amines) is 2. The van der Waals surface area contributed by atoms with E-state index in [9.17, 15) is 4.79 Å². The van der Waals surface area contributed by atoms with Crippen LogP contribution in [-0.2, 0) is 4.74 Å². The van der Waals surface area contributed by atoms with E-state index in [1.807, 2.05) is 25.7 Å². The van der Waals surface area contributed by atoms with Gasteiger partial charge in [0.25, 0.3) is 0 Å². The van der Waals surface area contributed by atoms with Crippen LogP contribution in [0.4, 0.5) is 4.79 Å². The van der Waals surface area contributed by atoms with Crippen LogP contribution in [0.15, 0.2) is 0 Å². The van der Waals surface area contributed by atoms with Crippen LogP contribution in [0.3, 0.4) is 0 Å². The first kappa shape index (κ1) is 16.6. The van der Waals surface area contributed by atoms with Crippen LogP contribution < -0.4 is 0 Å². The lowest BCUT2D eigenvalue weighted by atomic mass is 10.0. The largest absolute Gasteiger partial charge is 0.444 e. The normalized spacial score (nSPS) is 25.3. The first-order valence-corrected chi connectivity index (χ1v) is 8.22. The third-order valence-corrected chi connectivity index (χ3v) is 4.49. The summed E-state index contributed by atoms with van der Waals surface area (Å²) in [7, 11) is 0. The van der Waals surface area contributed by atoms with Gasteiger partial charge in [-0.2, -0.15) is 0 Å². The molecule has 5 heteroatoms. The Labute approximate surface area is 128 Å². The van der Waals surface area contributed by atoms with Crippen LogP contribution in [-0.4, -0.2) is 65.4 Å². The molecular weight excluding hydrogens is 268 g/mol. The number of nitrogens with zero attached hydrogens (tertiary/aromatic N) is 2. The van der Waals surface area contributed by atoms with Crippen molar-refractivity contribution in [2.75, 3.05) is 32.8 Å². The highest BCUT2D eigenvalue weighted by molar-refractivity contribution is 5.68. The minimum Gasteiger partial charge on any atom is -0.444 e. The highest BCUT2D eigenvalue weighted by Gasteiger charge is 2.32. The fourth-order valence-corrected chi connectivity index (χ4v) is 3.35. The number of aliphatic hydroxyl groups excluding tert-OH is 1. The van der Waals surface area contributed by atoms with E-state index in [4.69, 9.17) is 9.84 Å². The zero-order chi connectivity index (χ0) is 15.5. The Morgan fingerprint density at radius 3 is 2.43 bits per heavy atom. The van der Waals surface area contributed by atoms with E-state index in [1.165, 1.54) is 6.42 Å². The molecule has 0 radical (unpaired) electrons. The predicted octanol–water partition coefficient (Wildman–Crippen LogP) is 2.09. The zero-order valence-corrected chi connectivity index (χ0v) is 13.7. The summed E-state index contributed by atoms with van der Waals surface area (Å²) >= 11 is 0. The zero-order valence-electron chi connectivity index (χ0n) is 13.7. The summed E-state index contributed by atoms with van der Waals surface area (Å²) in [5, 5.41) is 9.04. The van der Waals surface area contributed by atoms with Gasteiger partial charge in [0, 0.05) is 32.3 Å². The lowest BCUT2D eigenvalue weighted by Gasteiger charge is -2.37. The van der Waals surface area contributed by atoms with Gasteiger partial charge in [-0.05, 0) is 58.9 Å². The van der Waals surface area contributed by atoms with Gasteiger partial charge in [0.1, 0.15) is 5.60 Å². The molecule has 0 bridgehead atoms. The molecule has 1 unspecified atom stereocenters. The predicted molar refractivity (Wildman–Crippen MR) is 82.2 cm³/mol. The molecule has 2 aliphatic heterocycles. The van der Waals surface area contributed by atoms with Crippen molar-refractivity contribution in [3.05, 3.63) is 0 Å². The minimum atomic E-state index is -0.416. The molecule has 0 aromatic rings. The molecule has 21 heavy (non-hydrogen) atoms. The Morgan fingerprint density at radius 2 is 1.86 bits per heavy atom. The molecule has 122 valence electrons. The summed E-state index contributed by atoms with van der Waals surface area (Å²) < 4.78 is 5.43. The fourth-order valence-electron chi connectivity index (χ4n) is 3.35. The fraction of sp³-hybridized carbons (Fsp3) is 0.938. The van der Waals surface area contributed by atoms with Gasteiger partial charge in [-0.1, -0.05) is 0 Å². The van der Waals surface area contributed by atoms with Crippen LogP contribution in [0, 0.1) is 5.92 Å². The molecule has 1 atom stereocenters. The van der Waals surface area contributed by atoms with Gasteiger partial charge >= 0.3 is 6.09 Å². The lowest BCUT2D eigenvalue weighted by molar-refractivity contribution is 0.0153. The van der Waals surface area contributed by atoms with Gasteiger partial charge in [0.05, 0.1) is 0 Å². The Bertz CT molecular complexity index is 346. The number of aliphatic hydroxyl groups is 1. The Balaban J connectivity index is 1.75. The Morgan fingerprint density at radius 1 is 1.19 bits per heavy atom. The quantitative estimate of drug-likeness (QED) is 0.867. The summed E-state index contributed by atoms with van der Waals surface area (Å²) in [6.07, 6.45) is 4.01. The molecule has 0 aliphatic carbocycles. The first-order valence-electron chi connectivity index (χ1n) is 8.22. The maximum Gasteiger partial charge on any atom is 0.410 e. The van der Waals surface area contributed by atoms with E-state index in [0.29, 0.717) is 18.6 Å². The Hall–Kier alpha value is -0.810. The number of amides is 1. The summed E-state index contributed by atoms with van der Waals surface area (Å²) in [6, 6.07) is 0.590. The molecule has 0 aromatic heterocycles. The van der Waals surface area contributed by atoms with E-state index in [-0.39, 0.29) is 6.09 Å². The SMILES string of the molecule is CC(C)(C)OC(=O)N1CCC(N2CCC(CCO)C2)CC1. The van der Waals surface area contributed by atoms with Crippen molar-refractivity contribution in [2.45, 2.75) is 58.1 Å². The molecule has 0 aromatic carbocycles. The topological polar surface area (TPSA) is 53.0 Å². The monoisotopic (exact) mass is 298 g/mol. The second-order valence-electron chi connectivity index (χ2n) is 7.36. The third-order valence-electron chi connectivity index (χ3n) is 4.49. The Kier molecular flexibility index (Phi) is 5.49. The number of carbonyl (C=O) groups excluding carboxylic acids is 1. The number of piperidine rings is 1. The first-order chi connectivity index (χ1) is 9.89. The molecular formula is C16H30N2O3. The molecule has 1 amide bonds. The van der Waals surface area contributed by atoms with Crippen LogP contribution >= 0.6 is 0 Å². The van der Waals surface area contributed by atoms with E-state index in [1.54, 1.807) is 0 Å². The molecule has 0 saturated carbocycles. The van der Waals surface area contributed by atoms with Crippen molar-refractivity contribution in [3.8, 4) is 0 Å². The van der Waals surface area contributed by atoms with Crippen molar-refractivity contribution < 1.29 is 14.6 Å². The third kappa shape index (κ3) is 4.85. The summed E-state index contributed by atoms with van der Waals surface area (Å²) in [4.78, 5) is 16.4. The van der Waals surface area contributed by atoms with Gasteiger partial charge < -0.3 is 14.7 Å². The van der Waals surface area contributed by atoms with Crippen molar-refractivity contribution >= 4 is 6.09 Å². The maximum atomic E-state index is 12.0. The highest BCUT2D eigenvalue weighted by Crippen LogP contribution is 2.26. The van der Waals surface area contributed by atoms with E-state index in [2.05, 4.69) is 4.90 Å². The second kappa shape index (κ2) is 6.97. The number of hydrogen-bond donors (Lipinski definition) is 1. The average Bonchev–Trinajstić information content (AvgIpc) is 2.86. The number of rotatable bonds is 3. The van der Waals surface area contributed by atoms with Gasteiger partial charge in [0.2, 0.25) is 0 Å². The molecule has 5 nitrogen and oxygen atoms in total. The summed E-state index contributed by atoms with van der Waals surface area (Å²) in [6.45, 7) is 9.85. The number of hydrogen-bond acceptors (Lipinski definition) is 4. The molecule has 2 saturated heterocycles. The lowest BCUT2D eigenvalue weighted by Crippen LogP contribution is -2.47. The van der Waals surface area contributed by atoms with E-state index >= 15 is 0 Å². The van der Waals surface area contributed by atoms with Gasteiger partial charge in [-0.15, -0.1) is 0 Å². The van der Waals surface area contributed by atoms with Crippen molar-refractivity contribution in [2.24, 2.45) is 5.92 Å². The second-order valence-corrected chi connectivity index (χ2v) is 7.36. The average molecular weight is 298 g/mol. The maximum absolute atomic E-state index is 12.0. The molecule has 2 aliphatic rings. The van der Waals surface area contributed by atoms with Crippen LogP contribution in [0.2, 0.25) is 0 Å². The van der Waals surface area contributed by atoms with Gasteiger partial charge in [0.15, 0.2) is 0 Å². The van der Waals surface area contributed by atoms with E-state index in [0.717, 1.165) is 45.4 Å². The summed E-state index contributed by atoms with van der Waals surface area (Å²) in [5.74, 6) is 0.652. The minimum absolute atomic E-state index is 0.180. The van der Waals surface area contributed by atoms with Crippen LogP contribution in [0.5, 0.6) is 0 Å². The molecule has 0 spiro atoms. The smallest absolute Gasteiger partial charge is 0.410 e. The van der Waals surface area contributed by atoms with Gasteiger partial charge in [-0.25, -0.2) is 4.79 Å². The van der Waals surface area contributed by atoms with Gasteiger partial charge in [-0.3, -0.25) is 4.90 Å². The highest BCUT2D eigenvalue weighted by atomic mass is 16.6. The molecule has 1 N–H and O–H groups in total. The van der Waals surface area contributed by atoms with E-state index < -0.39 is 5.60 Å². The molecule has 2 rings (SSSR count). The van der Waals surface area contributed by atoms with Crippen LogP contribution in [0.25, 0.3) is 0 Å². The number of ether oxygens (including phenoxy) is 1.